The predicted molar refractivity (Wildman–Crippen MR) is 220 cm³/mol. The summed E-state index contributed by atoms with van der Waals surface area (Å²) in [4.78, 5) is 20.1. The van der Waals surface area contributed by atoms with Crippen molar-refractivity contribution in [2.75, 3.05) is 34.9 Å². The van der Waals surface area contributed by atoms with E-state index in [0.29, 0.717) is 23.5 Å². The van der Waals surface area contributed by atoms with Gasteiger partial charge in [-0.15, -0.1) is 0 Å². The number of hydrogen-bond acceptors (Lipinski definition) is 11. The van der Waals surface area contributed by atoms with Crippen molar-refractivity contribution in [2.45, 2.75) is 77.5 Å². The number of methoxy groups -OCH3 is 2. The highest BCUT2D eigenvalue weighted by Crippen LogP contribution is 2.49. The Kier molecular flexibility index (Phi) is 14.9. The van der Waals surface area contributed by atoms with Gasteiger partial charge in [-0.3, -0.25) is 0 Å². The maximum Gasteiger partial charge on any atom is 0.259 e. The second kappa shape index (κ2) is 19.8. The molecule has 0 aliphatic carbocycles. The molecule has 0 saturated heterocycles. The van der Waals surface area contributed by atoms with E-state index in [0.717, 1.165) is 28.2 Å². The first-order valence-electron chi connectivity index (χ1n) is 18.7. The van der Waals surface area contributed by atoms with Crippen molar-refractivity contribution in [1.29, 1.82) is 5.26 Å². The number of benzene rings is 3. The molecule has 0 bridgehead atoms. The second-order valence-electron chi connectivity index (χ2n) is 14.0. The minimum atomic E-state index is -1.67. The van der Waals surface area contributed by atoms with Crippen LogP contribution in [0.2, 0.25) is 0 Å². The zero-order chi connectivity index (χ0) is 40.2. The Labute approximate surface area is 331 Å². The number of aromatic nitrogens is 4. The van der Waals surface area contributed by atoms with Gasteiger partial charge in [-0.2, -0.15) is 5.26 Å². The summed E-state index contributed by atoms with van der Waals surface area (Å²) in [6.45, 7) is 11.0. The van der Waals surface area contributed by atoms with Crippen LogP contribution in [-0.2, 0) is 25.9 Å². The third-order valence-corrected chi connectivity index (χ3v) is 11.3. The molecular weight excluding hydrogens is 727 g/mol. The molecule has 0 aliphatic heterocycles. The molecule has 2 unspecified atom stereocenters. The van der Waals surface area contributed by atoms with Gasteiger partial charge in [0.2, 0.25) is 0 Å². The molecular formula is C42H53N8O5P. The molecule has 2 aromatic heterocycles. The fourth-order valence-electron chi connectivity index (χ4n) is 6.52. The van der Waals surface area contributed by atoms with Gasteiger partial charge in [-0.05, 0) is 75.6 Å². The lowest BCUT2D eigenvalue weighted by Crippen LogP contribution is -2.43. The van der Waals surface area contributed by atoms with Crippen LogP contribution in [0.15, 0.2) is 96.5 Å². The Hall–Kier alpha value is -4.96. The van der Waals surface area contributed by atoms with Crippen LogP contribution in [0.3, 0.4) is 0 Å². The van der Waals surface area contributed by atoms with Crippen molar-refractivity contribution in [3.8, 4) is 17.6 Å². The van der Waals surface area contributed by atoms with Crippen LogP contribution >= 0.6 is 8.53 Å². The van der Waals surface area contributed by atoms with Crippen LogP contribution in [-0.4, -0.2) is 94.6 Å². The summed E-state index contributed by atoms with van der Waals surface area (Å²) in [6, 6.07) is 28.4. The van der Waals surface area contributed by atoms with Crippen LogP contribution in [0, 0.1) is 11.3 Å². The van der Waals surface area contributed by atoms with Gasteiger partial charge < -0.3 is 32.7 Å². The molecule has 3 aromatic carbocycles. The highest BCUT2D eigenvalue weighted by molar-refractivity contribution is 7.44. The molecule has 13 nitrogen and oxygen atoms in total. The van der Waals surface area contributed by atoms with Crippen LogP contribution in [0.1, 0.15) is 57.7 Å². The lowest BCUT2D eigenvalue weighted by molar-refractivity contribution is -0.0918. The molecule has 0 aliphatic rings. The van der Waals surface area contributed by atoms with Crippen molar-refractivity contribution in [3.63, 3.8) is 0 Å². The lowest BCUT2D eigenvalue weighted by atomic mass is 9.79. The number of ether oxygens (including phenoxy) is 3. The summed E-state index contributed by atoms with van der Waals surface area (Å²) in [5.41, 5.74) is 2.75. The molecule has 2 heterocycles. The number of fused-ring (bicyclic) bond motifs is 1. The zero-order valence-electron chi connectivity index (χ0n) is 33.7. The Bertz CT molecular complexity index is 1980. The SMILES string of the molecule is COc1ccc(C(OC(C)[C@H](Cn2cnc3c(/N=C/N(C)C)ncnc32)OP(OCCC#N)N(C(C)C)C(C)C)(c2ccccc2)c2ccc(OC)cc2)cc1. The third kappa shape index (κ3) is 9.88. The first-order chi connectivity index (χ1) is 27.0. The highest BCUT2D eigenvalue weighted by atomic mass is 31.2. The molecule has 56 heavy (non-hydrogen) atoms. The molecule has 296 valence electrons. The summed E-state index contributed by atoms with van der Waals surface area (Å²) in [7, 11) is 5.42. The maximum atomic E-state index is 9.44. The summed E-state index contributed by atoms with van der Waals surface area (Å²) in [5, 5.41) is 9.44. The molecule has 5 rings (SSSR count). The molecule has 5 aromatic rings. The normalized spacial score (nSPS) is 13.7. The van der Waals surface area contributed by atoms with E-state index in [1.807, 2.05) is 97.2 Å². The molecule has 0 N–H and O–H groups in total. The molecule has 3 atom stereocenters. The standard InChI is InChI=1S/C42H53N8O5P/c1-30(2)50(31(3)4)56(53-25-13-24-43)55-38(26-49-29-46-39-40(47-28-48(6)7)44-27-45-41(39)49)32(5)54-42(33-14-11-10-12-15-33,34-16-20-36(51-8)21-17-34)35-18-22-37(52-9)23-19-35/h10-12,14-23,27-32,38H,13,25-26H2,1-9H3/b47-28+/t32?,38-,56?/m0/s1. The van der Waals surface area contributed by atoms with Gasteiger partial charge in [0.25, 0.3) is 8.53 Å². The second-order valence-corrected chi connectivity index (χ2v) is 15.4. The maximum absolute atomic E-state index is 9.44. The van der Waals surface area contributed by atoms with Gasteiger partial charge >= 0.3 is 0 Å². The Morgan fingerprint density at radius 2 is 1.43 bits per heavy atom. The van der Waals surface area contributed by atoms with E-state index in [-0.39, 0.29) is 25.1 Å². The number of imidazole rings is 1. The van der Waals surface area contributed by atoms with E-state index in [9.17, 15) is 5.26 Å². The molecule has 0 amide bonds. The summed E-state index contributed by atoms with van der Waals surface area (Å²) in [5.74, 6) is 1.91. The Morgan fingerprint density at radius 3 is 1.96 bits per heavy atom. The van der Waals surface area contributed by atoms with E-state index >= 15 is 0 Å². The van der Waals surface area contributed by atoms with Crippen LogP contribution in [0.5, 0.6) is 11.5 Å². The average molecular weight is 781 g/mol. The fraction of sp³-hybridized carbons (Fsp3) is 0.405. The molecule has 14 heteroatoms. The van der Waals surface area contributed by atoms with Crippen LogP contribution in [0.4, 0.5) is 5.82 Å². The predicted octanol–water partition coefficient (Wildman–Crippen LogP) is 8.12. The van der Waals surface area contributed by atoms with Crippen LogP contribution in [0.25, 0.3) is 11.2 Å². The topological polar surface area (TPSA) is 132 Å². The lowest BCUT2D eigenvalue weighted by Gasteiger charge is -2.42. The van der Waals surface area contributed by atoms with Gasteiger partial charge in [-0.25, -0.2) is 24.6 Å². The van der Waals surface area contributed by atoms with Crippen molar-refractivity contribution in [2.24, 2.45) is 4.99 Å². The summed E-state index contributed by atoms with van der Waals surface area (Å²) >= 11 is 0. The monoisotopic (exact) mass is 780 g/mol. The van der Waals surface area contributed by atoms with E-state index in [4.69, 9.17) is 28.2 Å². The highest BCUT2D eigenvalue weighted by Gasteiger charge is 2.42. The minimum Gasteiger partial charge on any atom is -0.497 e. The quantitative estimate of drug-likeness (QED) is 0.0249. The number of aliphatic imine (C=N–C) groups is 1. The first-order valence-corrected chi connectivity index (χ1v) is 19.8. The zero-order valence-corrected chi connectivity index (χ0v) is 34.6. The number of hydrogen-bond donors (Lipinski definition) is 0. The molecule has 0 fully saturated rings. The molecule has 0 radical (unpaired) electrons. The van der Waals surface area contributed by atoms with E-state index < -0.39 is 26.3 Å². The Morgan fingerprint density at radius 1 is 0.839 bits per heavy atom. The van der Waals surface area contributed by atoms with Gasteiger partial charge in [0.1, 0.15) is 29.5 Å². The largest absolute Gasteiger partial charge is 0.497 e. The van der Waals surface area contributed by atoms with Gasteiger partial charge in [0, 0.05) is 26.2 Å². The number of rotatable bonds is 20. The van der Waals surface area contributed by atoms with Crippen LogP contribution < -0.4 is 9.47 Å². The summed E-state index contributed by atoms with van der Waals surface area (Å²) < 4.78 is 36.5. The number of nitriles is 1. The Balaban J connectivity index is 1.68. The van der Waals surface area contributed by atoms with Gasteiger partial charge in [0.05, 0.1) is 58.6 Å². The smallest absolute Gasteiger partial charge is 0.259 e. The van der Waals surface area contributed by atoms with Crippen molar-refractivity contribution < 1.29 is 23.3 Å². The van der Waals surface area contributed by atoms with E-state index in [1.54, 1.807) is 26.9 Å². The molecule has 0 saturated carbocycles. The third-order valence-electron chi connectivity index (χ3n) is 9.12. The summed E-state index contributed by atoms with van der Waals surface area (Å²) in [6.07, 6.45) is 3.93. The van der Waals surface area contributed by atoms with Crippen molar-refractivity contribution in [1.82, 2.24) is 29.1 Å². The average Bonchev–Trinajstić information content (AvgIpc) is 3.62. The fourth-order valence-corrected chi connectivity index (χ4v) is 8.30. The van der Waals surface area contributed by atoms with Crippen molar-refractivity contribution in [3.05, 3.63) is 108 Å². The van der Waals surface area contributed by atoms with Gasteiger partial charge in [0.15, 0.2) is 17.0 Å². The van der Waals surface area contributed by atoms with E-state index in [2.05, 4.69) is 65.5 Å². The van der Waals surface area contributed by atoms with Crippen molar-refractivity contribution >= 4 is 31.8 Å². The molecule has 0 spiro atoms. The first kappa shape index (κ1) is 42.2. The van der Waals surface area contributed by atoms with E-state index in [1.165, 1.54) is 6.33 Å². The minimum absolute atomic E-state index is 0.0843. The van der Waals surface area contributed by atoms with Gasteiger partial charge in [-0.1, -0.05) is 54.6 Å². The number of nitrogens with zero attached hydrogens (tertiary/aromatic N) is 8.